The van der Waals surface area contributed by atoms with Gasteiger partial charge in [0, 0.05) is 0 Å². The molecule has 0 amide bonds. The van der Waals surface area contributed by atoms with Crippen LogP contribution in [0.25, 0.3) is 0 Å². The molecule has 0 fully saturated rings. The lowest BCUT2D eigenvalue weighted by Gasteiger charge is -2.14. The summed E-state index contributed by atoms with van der Waals surface area (Å²) in [5.41, 5.74) is 1.31. The highest BCUT2D eigenvalue weighted by Gasteiger charge is 2.33. The molecule has 0 aliphatic heterocycles. The van der Waals surface area contributed by atoms with Crippen LogP contribution >= 0.6 is 0 Å². The molecule has 4 heteroatoms. The number of rotatable bonds is 8. The Bertz CT molecular complexity index is 621. The van der Waals surface area contributed by atoms with Crippen LogP contribution in [-0.2, 0) is 25.6 Å². The average molecular weight is 336 g/mol. The summed E-state index contributed by atoms with van der Waals surface area (Å²) < 4.78 is 39.3. The highest BCUT2D eigenvalue weighted by Crippen LogP contribution is 2.33. The molecule has 0 aromatic heterocycles. The lowest BCUT2D eigenvalue weighted by atomic mass is 9.98. The van der Waals surface area contributed by atoms with Crippen molar-refractivity contribution >= 4 is 0 Å². The van der Waals surface area contributed by atoms with Gasteiger partial charge in [-0.15, -0.1) is 0 Å². The van der Waals surface area contributed by atoms with Crippen molar-refractivity contribution in [2.75, 3.05) is 0 Å². The Hall–Kier alpha value is -1.81. The standard InChI is InChI=1S/C20H23F3O/c21-20(22,23)19-14-17(15-24)12-13-18(19)11-7-2-1-4-8-16-9-5-3-6-10-16/h3,5-6,9-10,12-14,24H,1-2,4,7-8,11,15H2. The molecule has 0 saturated carbocycles. The second-order valence-corrected chi connectivity index (χ2v) is 6.05. The molecule has 0 aliphatic rings. The lowest BCUT2D eigenvalue weighted by molar-refractivity contribution is -0.138. The predicted octanol–water partition coefficient (Wildman–Crippen LogP) is 5.54. The van der Waals surface area contributed by atoms with Crippen LogP contribution in [0.2, 0.25) is 0 Å². The fourth-order valence-electron chi connectivity index (χ4n) is 2.85. The lowest BCUT2D eigenvalue weighted by Crippen LogP contribution is -2.10. The smallest absolute Gasteiger partial charge is 0.392 e. The van der Waals surface area contributed by atoms with Crippen LogP contribution in [0.3, 0.4) is 0 Å². The van der Waals surface area contributed by atoms with E-state index >= 15 is 0 Å². The van der Waals surface area contributed by atoms with E-state index in [1.807, 2.05) is 18.2 Å². The van der Waals surface area contributed by atoms with Gasteiger partial charge in [-0.3, -0.25) is 0 Å². The van der Waals surface area contributed by atoms with Crippen molar-refractivity contribution in [3.8, 4) is 0 Å². The van der Waals surface area contributed by atoms with Crippen LogP contribution < -0.4 is 0 Å². The number of aliphatic hydroxyl groups is 1. The van der Waals surface area contributed by atoms with Gasteiger partial charge in [0.05, 0.1) is 12.2 Å². The van der Waals surface area contributed by atoms with Gasteiger partial charge in [-0.2, -0.15) is 13.2 Å². The molecule has 0 radical (unpaired) electrons. The zero-order valence-corrected chi connectivity index (χ0v) is 13.6. The van der Waals surface area contributed by atoms with Crippen LogP contribution in [0.1, 0.15) is 47.9 Å². The highest BCUT2D eigenvalue weighted by molar-refractivity contribution is 5.34. The third-order valence-electron chi connectivity index (χ3n) is 4.17. The van der Waals surface area contributed by atoms with Gasteiger partial charge < -0.3 is 5.11 Å². The summed E-state index contributed by atoms with van der Waals surface area (Å²) in [4.78, 5) is 0. The van der Waals surface area contributed by atoms with Crippen molar-refractivity contribution in [2.45, 2.75) is 51.3 Å². The Morgan fingerprint density at radius 3 is 2.04 bits per heavy atom. The van der Waals surface area contributed by atoms with Crippen molar-refractivity contribution in [1.82, 2.24) is 0 Å². The van der Waals surface area contributed by atoms with Crippen LogP contribution in [-0.4, -0.2) is 5.11 Å². The van der Waals surface area contributed by atoms with Crippen LogP contribution in [0.4, 0.5) is 13.2 Å². The fourth-order valence-corrected chi connectivity index (χ4v) is 2.85. The molecule has 0 heterocycles. The zero-order chi connectivity index (χ0) is 17.4. The van der Waals surface area contributed by atoms with E-state index in [1.54, 1.807) is 6.07 Å². The van der Waals surface area contributed by atoms with E-state index in [9.17, 15) is 13.2 Å². The van der Waals surface area contributed by atoms with E-state index in [1.165, 1.54) is 11.6 Å². The molecule has 2 aromatic rings. The van der Waals surface area contributed by atoms with Gasteiger partial charge in [-0.05, 0) is 48.4 Å². The Labute approximate surface area is 141 Å². The van der Waals surface area contributed by atoms with Crippen molar-refractivity contribution in [3.05, 3.63) is 70.8 Å². The first-order chi connectivity index (χ1) is 11.5. The predicted molar refractivity (Wildman–Crippen MR) is 89.7 cm³/mol. The molecular weight excluding hydrogens is 313 g/mol. The third kappa shape index (κ3) is 5.68. The summed E-state index contributed by atoms with van der Waals surface area (Å²) in [7, 11) is 0. The monoisotopic (exact) mass is 336 g/mol. The first-order valence-corrected chi connectivity index (χ1v) is 8.34. The van der Waals surface area contributed by atoms with E-state index in [2.05, 4.69) is 12.1 Å². The Kier molecular flexibility index (Phi) is 6.85. The van der Waals surface area contributed by atoms with Crippen LogP contribution in [0, 0.1) is 0 Å². The Morgan fingerprint density at radius 1 is 0.750 bits per heavy atom. The van der Waals surface area contributed by atoms with Crippen molar-refractivity contribution in [2.24, 2.45) is 0 Å². The first-order valence-electron chi connectivity index (χ1n) is 8.34. The largest absolute Gasteiger partial charge is 0.416 e. The molecule has 24 heavy (non-hydrogen) atoms. The van der Waals surface area contributed by atoms with Crippen molar-refractivity contribution in [3.63, 3.8) is 0 Å². The maximum Gasteiger partial charge on any atom is 0.416 e. The second-order valence-electron chi connectivity index (χ2n) is 6.05. The molecule has 2 aromatic carbocycles. The molecule has 1 nitrogen and oxygen atoms in total. The summed E-state index contributed by atoms with van der Waals surface area (Å²) in [6, 6.07) is 14.3. The van der Waals surface area contributed by atoms with Gasteiger partial charge in [-0.1, -0.05) is 55.3 Å². The Morgan fingerprint density at radius 2 is 1.42 bits per heavy atom. The number of hydrogen-bond acceptors (Lipinski definition) is 1. The number of benzene rings is 2. The van der Waals surface area contributed by atoms with Gasteiger partial charge in [0.25, 0.3) is 0 Å². The minimum atomic E-state index is -4.37. The molecule has 1 N–H and O–H groups in total. The van der Waals surface area contributed by atoms with Gasteiger partial charge in [0.1, 0.15) is 0 Å². The first kappa shape index (κ1) is 18.5. The number of aryl methyl sites for hydroxylation is 2. The maximum absolute atomic E-state index is 13.1. The van der Waals surface area contributed by atoms with E-state index < -0.39 is 11.7 Å². The SMILES string of the molecule is OCc1ccc(CCCCCCc2ccccc2)c(C(F)(F)F)c1. The number of unbranched alkanes of at least 4 members (excludes halogenated alkanes) is 3. The normalized spacial score (nSPS) is 11.7. The summed E-state index contributed by atoms with van der Waals surface area (Å²) >= 11 is 0. The second kappa shape index (κ2) is 8.88. The third-order valence-corrected chi connectivity index (χ3v) is 4.17. The zero-order valence-electron chi connectivity index (χ0n) is 13.6. The minimum absolute atomic E-state index is 0.300. The van der Waals surface area contributed by atoms with E-state index in [4.69, 9.17) is 5.11 Å². The fraction of sp³-hybridized carbons (Fsp3) is 0.400. The molecule has 0 atom stereocenters. The molecule has 0 bridgehead atoms. The molecule has 130 valence electrons. The summed E-state index contributed by atoms with van der Waals surface area (Å²) in [5.74, 6) is 0. The number of alkyl halides is 3. The summed E-state index contributed by atoms with van der Waals surface area (Å²) in [6.07, 6.45) is 0.812. The Balaban J connectivity index is 1.79. The maximum atomic E-state index is 13.1. The van der Waals surface area contributed by atoms with Gasteiger partial charge in [0.2, 0.25) is 0 Å². The van der Waals surface area contributed by atoms with Gasteiger partial charge >= 0.3 is 6.18 Å². The van der Waals surface area contributed by atoms with E-state index in [0.717, 1.165) is 38.2 Å². The van der Waals surface area contributed by atoms with Crippen LogP contribution in [0.5, 0.6) is 0 Å². The number of aliphatic hydroxyl groups excluding tert-OH is 1. The van der Waals surface area contributed by atoms with Gasteiger partial charge in [-0.25, -0.2) is 0 Å². The quantitative estimate of drug-likeness (QED) is 0.627. The molecule has 2 rings (SSSR count). The van der Waals surface area contributed by atoms with E-state index in [-0.39, 0.29) is 6.61 Å². The molecule has 0 spiro atoms. The number of hydrogen-bond donors (Lipinski definition) is 1. The topological polar surface area (TPSA) is 20.2 Å². The number of halogens is 3. The molecule has 0 saturated heterocycles. The minimum Gasteiger partial charge on any atom is -0.392 e. The molecular formula is C20H23F3O. The van der Waals surface area contributed by atoms with Crippen molar-refractivity contribution in [1.29, 1.82) is 0 Å². The summed E-state index contributed by atoms with van der Waals surface area (Å²) in [5, 5.41) is 9.02. The summed E-state index contributed by atoms with van der Waals surface area (Å²) in [6.45, 7) is -0.372. The highest BCUT2D eigenvalue weighted by atomic mass is 19.4. The average Bonchev–Trinajstić information content (AvgIpc) is 2.58. The van der Waals surface area contributed by atoms with E-state index in [0.29, 0.717) is 17.5 Å². The van der Waals surface area contributed by atoms with Gasteiger partial charge in [0.15, 0.2) is 0 Å². The van der Waals surface area contributed by atoms with Crippen LogP contribution in [0.15, 0.2) is 48.5 Å². The molecule has 0 aliphatic carbocycles. The molecule has 0 unspecified atom stereocenters. The van der Waals surface area contributed by atoms with Crippen molar-refractivity contribution < 1.29 is 18.3 Å².